The van der Waals surface area contributed by atoms with Crippen LogP contribution in [0.3, 0.4) is 0 Å². The predicted molar refractivity (Wildman–Crippen MR) is 105 cm³/mol. The quantitative estimate of drug-likeness (QED) is 0.854. The largest absolute Gasteiger partial charge is 0.334 e. The zero-order chi connectivity index (χ0) is 19.4. The van der Waals surface area contributed by atoms with E-state index in [2.05, 4.69) is 37.4 Å². The number of carbonyl (C=O) groups is 1. The molecule has 1 N–H and O–H groups in total. The summed E-state index contributed by atoms with van der Waals surface area (Å²) in [5.74, 6) is 0.935. The Morgan fingerprint density at radius 3 is 2.81 bits per heavy atom. The Bertz CT molecular complexity index is 834. The van der Waals surface area contributed by atoms with Gasteiger partial charge < -0.3 is 14.8 Å². The van der Waals surface area contributed by atoms with Crippen LogP contribution in [0.1, 0.15) is 32.4 Å². The Balaban J connectivity index is 1.61. The average Bonchev–Trinajstić information content (AvgIpc) is 3.26. The molecule has 1 aliphatic heterocycles. The van der Waals surface area contributed by atoms with Gasteiger partial charge in [0.05, 0.1) is 18.3 Å². The molecule has 0 radical (unpaired) electrons. The second-order valence-electron chi connectivity index (χ2n) is 7.82. The van der Waals surface area contributed by atoms with Crippen molar-refractivity contribution < 1.29 is 4.79 Å². The number of likely N-dealkylation sites (tertiary alicyclic amines) is 1. The normalized spacial score (nSPS) is 17.1. The lowest BCUT2D eigenvalue weighted by Crippen LogP contribution is -2.48. The Kier molecular flexibility index (Phi) is 5.62. The molecule has 27 heavy (non-hydrogen) atoms. The Hall–Kier alpha value is -2.65. The molecule has 1 aliphatic rings. The Labute approximate surface area is 160 Å². The van der Waals surface area contributed by atoms with Crippen LogP contribution in [-0.4, -0.2) is 45.0 Å². The molecule has 1 aromatic carbocycles. The van der Waals surface area contributed by atoms with E-state index in [4.69, 9.17) is 10.2 Å². The predicted octanol–water partition coefficient (Wildman–Crippen LogP) is 2.51. The van der Waals surface area contributed by atoms with Crippen LogP contribution >= 0.6 is 0 Å². The van der Waals surface area contributed by atoms with E-state index >= 15 is 0 Å². The summed E-state index contributed by atoms with van der Waals surface area (Å²) in [6.07, 6.45) is 4.44. The Morgan fingerprint density at radius 1 is 1.37 bits per heavy atom. The molecule has 1 aromatic heterocycles. The molecule has 0 spiro atoms. The van der Waals surface area contributed by atoms with Crippen molar-refractivity contribution in [2.75, 3.05) is 13.1 Å². The van der Waals surface area contributed by atoms with E-state index in [-0.39, 0.29) is 24.0 Å². The first-order chi connectivity index (χ1) is 12.9. The molecular weight excluding hydrogens is 338 g/mol. The van der Waals surface area contributed by atoms with E-state index in [1.807, 2.05) is 36.0 Å². The molecule has 1 atom stereocenters. The van der Waals surface area contributed by atoms with E-state index in [0.29, 0.717) is 13.0 Å². The fraction of sp³-hybridized carbons (Fsp3) is 0.476. The van der Waals surface area contributed by atoms with E-state index in [9.17, 15) is 4.79 Å². The highest BCUT2D eigenvalue weighted by molar-refractivity contribution is 5.79. The molecule has 0 bridgehead atoms. The van der Waals surface area contributed by atoms with Crippen molar-refractivity contribution in [2.45, 2.75) is 44.7 Å². The van der Waals surface area contributed by atoms with Gasteiger partial charge in [-0.05, 0) is 26.7 Å². The zero-order valence-electron chi connectivity index (χ0n) is 16.3. The Morgan fingerprint density at radius 2 is 2.11 bits per heavy atom. The maximum atomic E-state index is 12.4. The molecule has 1 amide bonds. The van der Waals surface area contributed by atoms with Crippen molar-refractivity contribution in [3.8, 4) is 17.5 Å². The highest BCUT2D eigenvalue weighted by Gasteiger charge is 2.29. The van der Waals surface area contributed by atoms with Crippen LogP contribution in [0.4, 0.5) is 0 Å². The molecule has 0 aliphatic carbocycles. The molecule has 6 heteroatoms. The number of nitrogens with one attached hydrogen (secondary N) is 1. The topological polar surface area (TPSA) is 74.0 Å². The number of rotatable bonds is 6. The minimum atomic E-state index is -0.278. The van der Waals surface area contributed by atoms with Gasteiger partial charge in [-0.25, -0.2) is 4.98 Å². The third-order valence-corrected chi connectivity index (χ3v) is 5.02. The van der Waals surface area contributed by atoms with Gasteiger partial charge in [-0.1, -0.05) is 30.3 Å². The number of nitrogens with zero attached hydrogens (tertiary/aromatic N) is 4. The second kappa shape index (κ2) is 7.93. The van der Waals surface area contributed by atoms with Crippen molar-refractivity contribution >= 4 is 5.91 Å². The zero-order valence-corrected chi connectivity index (χ0v) is 16.3. The van der Waals surface area contributed by atoms with Crippen molar-refractivity contribution in [1.82, 2.24) is 19.8 Å². The number of hydrogen-bond acceptors (Lipinski definition) is 4. The van der Waals surface area contributed by atoms with E-state index in [1.54, 1.807) is 4.90 Å². The standard InChI is InChI=1S/C21H27N5O/c1-21(2,23-14-19(27)26-11-7-10-18(26)13-22)12-17-15-25(3)20(24-17)16-8-5-4-6-9-16/h4-6,8-9,15,18,23H,7,10-12,14H2,1-3H3/t18-/m0/s1. The molecule has 1 fully saturated rings. The van der Waals surface area contributed by atoms with Gasteiger partial charge in [0.1, 0.15) is 11.9 Å². The summed E-state index contributed by atoms with van der Waals surface area (Å²) < 4.78 is 2.04. The summed E-state index contributed by atoms with van der Waals surface area (Å²) in [7, 11) is 2.00. The summed E-state index contributed by atoms with van der Waals surface area (Å²) in [4.78, 5) is 18.9. The summed E-state index contributed by atoms with van der Waals surface area (Å²) in [6.45, 7) is 5.06. The van der Waals surface area contributed by atoms with Crippen LogP contribution < -0.4 is 5.32 Å². The minimum absolute atomic E-state index is 0.00174. The van der Waals surface area contributed by atoms with Crippen LogP contribution in [0.5, 0.6) is 0 Å². The van der Waals surface area contributed by atoms with Crippen LogP contribution in [0.25, 0.3) is 11.4 Å². The molecule has 6 nitrogen and oxygen atoms in total. The molecule has 2 heterocycles. The number of aryl methyl sites for hydroxylation is 1. The van der Waals surface area contributed by atoms with Gasteiger partial charge in [0, 0.05) is 37.3 Å². The SMILES string of the molecule is Cn1cc(CC(C)(C)NCC(=O)N2CCC[C@H]2C#N)nc1-c1ccccc1. The smallest absolute Gasteiger partial charge is 0.237 e. The van der Waals surface area contributed by atoms with Crippen molar-refractivity contribution in [3.63, 3.8) is 0 Å². The fourth-order valence-corrected chi connectivity index (χ4v) is 3.60. The van der Waals surface area contributed by atoms with Gasteiger partial charge >= 0.3 is 0 Å². The third-order valence-electron chi connectivity index (χ3n) is 5.02. The maximum absolute atomic E-state index is 12.4. The molecule has 0 saturated carbocycles. The van der Waals surface area contributed by atoms with Crippen LogP contribution in [0.15, 0.2) is 36.5 Å². The number of benzene rings is 1. The van der Waals surface area contributed by atoms with Crippen molar-refractivity contribution in [2.24, 2.45) is 7.05 Å². The third kappa shape index (κ3) is 4.55. The second-order valence-corrected chi connectivity index (χ2v) is 7.82. The molecule has 0 unspecified atom stereocenters. The van der Waals surface area contributed by atoms with E-state index < -0.39 is 0 Å². The van der Waals surface area contributed by atoms with Gasteiger partial charge in [0.25, 0.3) is 0 Å². The van der Waals surface area contributed by atoms with E-state index in [0.717, 1.165) is 29.9 Å². The summed E-state index contributed by atoms with van der Waals surface area (Å²) >= 11 is 0. The van der Waals surface area contributed by atoms with Crippen LogP contribution in [0, 0.1) is 11.3 Å². The molecule has 2 aromatic rings. The minimum Gasteiger partial charge on any atom is -0.334 e. The average molecular weight is 365 g/mol. The molecule has 3 rings (SSSR count). The molecule has 1 saturated heterocycles. The number of aromatic nitrogens is 2. The summed E-state index contributed by atoms with van der Waals surface area (Å²) in [5, 5.41) is 12.5. The highest BCUT2D eigenvalue weighted by atomic mass is 16.2. The summed E-state index contributed by atoms with van der Waals surface area (Å²) in [5.41, 5.74) is 1.79. The first kappa shape index (κ1) is 19.1. The monoisotopic (exact) mass is 365 g/mol. The molecular formula is C21H27N5O. The first-order valence-corrected chi connectivity index (χ1v) is 9.41. The molecule has 142 valence electrons. The number of imidazole rings is 1. The van der Waals surface area contributed by atoms with Gasteiger partial charge in [-0.3, -0.25) is 4.79 Å². The number of carbonyl (C=O) groups excluding carboxylic acids is 1. The summed E-state index contributed by atoms with van der Waals surface area (Å²) in [6, 6.07) is 12.1. The van der Waals surface area contributed by atoms with Crippen LogP contribution in [0.2, 0.25) is 0 Å². The van der Waals surface area contributed by atoms with Gasteiger partial charge in [0.2, 0.25) is 5.91 Å². The maximum Gasteiger partial charge on any atom is 0.237 e. The van der Waals surface area contributed by atoms with Gasteiger partial charge in [-0.2, -0.15) is 5.26 Å². The lowest BCUT2D eigenvalue weighted by atomic mass is 9.99. The van der Waals surface area contributed by atoms with Crippen LogP contribution in [-0.2, 0) is 18.3 Å². The van der Waals surface area contributed by atoms with E-state index in [1.165, 1.54) is 0 Å². The van der Waals surface area contributed by atoms with Crippen molar-refractivity contribution in [1.29, 1.82) is 5.26 Å². The van der Waals surface area contributed by atoms with Gasteiger partial charge in [-0.15, -0.1) is 0 Å². The number of amides is 1. The number of hydrogen-bond donors (Lipinski definition) is 1. The lowest BCUT2D eigenvalue weighted by molar-refractivity contribution is -0.130. The number of nitriles is 1. The van der Waals surface area contributed by atoms with Gasteiger partial charge in [0.15, 0.2) is 0 Å². The first-order valence-electron chi connectivity index (χ1n) is 9.41. The van der Waals surface area contributed by atoms with Crippen molar-refractivity contribution in [3.05, 3.63) is 42.2 Å². The lowest BCUT2D eigenvalue weighted by Gasteiger charge is -2.27. The highest BCUT2D eigenvalue weighted by Crippen LogP contribution is 2.20. The fourth-order valence-electron chi connectivity index (χ4n) is 3.60.